The Balaban J connectivity index is 1.80. The van der Waals surface area contributed by atoms with Gasteiger partial charge in [0.1, 0.15) is 5.82 Å². The maximum Gasteiger partial charge on any atom is 0.127 e. The second kappa shape index (κ2) is 5.67. The quantitative estimate of drug-likeness (QED) is 0.860. The summed E-state index contributed by atoms with van der Waals surface area (Å²) in [5.41, 5.74) is 2.21. The van der Waals surface area contributed by atoms with Crippen LogP contribution in [0.1, 0.15) is 12.8 Å². The molecule has 4 heteroatoms. The second-order valence-electron chi connectivity index (χ2n) is 5.30. The number of nitrogens with zero attached hydrogens (tertiary/aromatic N) is 3. The Bertz CT molecular complexity index is 556. The maximum atomic E-state index is 5.43. The fraction of sp³-hybridized carbons (Fsp3) is 0.438. The molecule has 0 spiro atoms. The van der Waals surface area contributed by atoms with E-state index in [1.54, 1.807) is 7.11 Å². The van der Waals surface area contributed by atoms with E-state index in [4.69, 9.17) is 4.74 Å². The van der Waals surface area contributed by atoms with Gasteiger partial charge in [-0.1, -0.05) is 30.3 Å². The Hall–Kier alpha value is -1.81. The van der Waals surface area contributed by atoms with Crippen LogP contribution >= 0.6 is 0 Å². The highest BCUT2D eigenvalue weighted by molar-refractivity contribution is 5.63. The summed E-state index contributed by atoms with van der Waals surface area (Å²) in [7, 11) is 3.82. The zero-order chi connectivity index (χ0) is 13.9. The molecule has 1 aliphatic heterocycles. The van der Waals surface area contributed by atoms with Crippen LogP contribution in [0.25, 0.3) is 11.3 Å². The van der Waals surface area contributed by atoms with Gasteiger partial charge in [-0.2, -0.15) is 5.10 Å². The Labute approximate surface area is 120 Å². The Morgan fingerprint density at radius 2 is 1.85 bits per heavy atom. The number of piperidine rings is 1. The molecular weight excluding hydrogens is 250 g/mol. The lowest BCUT2D eigenvalue weighted by atomic mass is 10.1. The Morgan fingerprint density at radius 3 is 2.50 bits per heavy atom. The normalized spacial score (nSPS) is 16.6. The number of methoxy groups -OCH3 is 1. The van der Waals surface area contributed by atoms with Crippen LogP contribution in [0.15, 0.2) is 36.4 Å². The van der Waals surface area contributed by atoms with Crippen LogP contribution in [0.5, 0.6) is 0 Å². The summed E-state index contributed by atoms with van der Waals surface area (Å²) < 4.78 is 7.41. The van der Waals surface area contributed by atoms with Crippen molar-refractivity contribution in [2.75, 3.05) is 25.1 Å². The van der Waals surface area contributed by atoms with Crippen molar-refractivity contribution in [1.82, 2.24) is 9.78 Å². The molecular formula is C16H21N3O. The minimum absolute atomic E-state index is 0.410. The van der Waals surface area contributed by atoms with E-state index < -0.39 is 0 Å². The van der Waals surface area contributed by atoms with E-state index in [0.717, 1.165) is 31.6 Å². The Kier molecular flexibility index (Phi) is 3.74. The summed E-state index contributed by atoms with van der Waals surface area (Å²) in [5.74, 6) is 1.19. The first kappa shape index (κ1) is 13.2. The number of aryl methyl sites for hydroxylation is 1. The minimum atomic E-state index is 0.410. The maximum absolute atomic E-state index is 5.43. The van der Waals surface area contributed by atoms with E-state index in [-0.39, 0.29) is 0 Å². The number of hydrogen-bond acceptors (Lipinski definition) is 3. The van der Waals surface area contributed by atoms with Crippen LogP contribution < -0.4 is 4.90 Å². The molecule has 4 nitrogen and oxygen atoms in total. The second-order valence-corrected chi connectivity index (χ2v) is 5.30. The van der Waals surface area contributed by atoms with Crippen molar-refractivity contribution in [2.45, 2.75) is 18.9 Å². The molecule has 1 aromatic carbocycles. The number of rotatable bonds is 3. The van der Waals surface area contributed by atoms with Gasteiger partial charge < -0.3 is 9.64 Å². The van der Waals surface area contributed by atoms with Crippen molar-refractivity contribution < 1.29 is 4.74 Å². The van der Waals surface area contributed by atoms with Crippen molar-refractivity contribution in [3.05, 3.63) is 36.4 Å². The molecule has 106 valence electrons. The third-order valence-corrected chi connectivity index (χ3v) is 4.02. The molecule has 0 N–H and O–H groups in total. The highest BCUT2D eigenvalue weighted by Crippen LogP contribution is 2.26. The number of hydrogen-bond donors (Lipinski definition) is 0. The lowest BCUT2D eigenvalue weighted by Crippen LogP contribution is -2.37. The van der Waals surface area contributed by atoms with Crippen LogP contribution in [-0.4, -0.2) is 36.1 Å². The molecule has 1 fully saturated rings. The number of anilines is 1. The van der Waals surface area contributed by atoms with E-state index in [1.165, 1.54) is 11.4 Å². The lowest BCUT2D eigenvalue weighted by Gasteiger charge is -2.32. The standard InChI is InChI=1S/C16H21N3O/c1-18-16(19-10-8-14(20-2)9-11-19)12-15(17-18)13-6-4-3-5-7-13/h3-7,12,14H,8-11H2,1-2H3. The SMILES string of the molecule is COC1CCN(c2cc(-c3ccccc3)nn2C)CC1. The van der Waals surface area contributed by atoms with E-state index in [9.17, 15) is 0 Å². The van der Waals surface area contributed by atoms with Crippen molar-refractivity contribution in [1.29, 1.82) is 0 Å². The van der Waals surface area contributed by atoms with E-state index >= 15 is 0 Å². The van der Waals surface area contributed by atoms with Gasteiger partial charge in [-0.3, -0.25) is 4.68 Å². The minimum Gasteiger partial charge on any atom is -0.381 e. The van der Waals surface area contributed by atoms with Gasteiger partial charge in [0.2, 0.25) is 0 Å². The summed E-state index contributed by atoms with van der Waals surface area (Å²) >= 11 is 0. The molecule has 1 saturated heterocycles. The van der Waals surface area contributed by atoms with Crippen LogP contribution in [0, 0.1) is 0 Å². The number of aromatic nitrogens is 2. The summed E-state index contributed by atoms with van der Waals surface area (Å²) in [5, 5.41) is 4.64. The summed E-state index contributed by atoms with van der Waals surface area (Å²) in [4.78, 5) is 2.40. The molecule has 0 bridgehead atoms. The third kappa shape index (κ3) is 2.56. The predicted octanol–water partition coefficient (Wildman–Crippen LogP) is 2.70. The fourth-order valence-corrected chi connectivity index (χ4v) is 2.82. The molecule has 2 aromatic rings. The van der Waals surface area contributed by atoms with Crippen LogP contribution in [0.3, 0.4) is 0 Å². The molecule has 0 atom stereocenters. The van der Waals surface area contributed by atoms with Crippen molar-refractivity contribution in [3.63, 3.8) is 0 Å². The first-order valence-electron chi connectivity index (χ1n) is 7.15. The van der Waals surface area contributed by atoms with E-state index in [0.29, 0.717) is 6.10 Å². The average molecular weight is 271 g/mol. The molecule has 0 amide bonds. The largest absolute Gasteiger partial charge is 0.381 e. The van der Waals surface area contributed by atoms with Gasteiger partial charge in [-0.05, 0) is 12.8 Å². The predicted molar refractivity (Wildman–Crippen MR) is 80.9 cm³/mol. The smallest absolute Gasteiger partial charge is 0.127 e. The molecule has 20 heavy (non-hydrogen) atoms. The van der Waals surface area contributed by atoms with Crippen LogP contribution in [0.2, 0.25) is 0 Å². The summed E-state index contributed by atoms with van der Waals surface area (Å²) in [6, 6.07) is 12.5. The van der Waals surface area contributed by atoms with Crippen molar-refractivity contribution in [3.8, 4) is 11.3 Å². The molecule has 0 saturated carbocycles. The van der Waals surface area contributed by atoms with Crippen LogP contribution in [-0.2, 0) is 11.8 Å². The monoisotopic (exact) mass is 271 g/mol. The molecule has 1 aliphatic rings. The van der Waals surface area contributed by atoms with E-state index in [1.807, 2.05) is 29.9 Å². The molecule has 1 aromatic heterocycles. The topological polar surface area (TPSA) is 30.3 Å². The summed E-state index contributed by atoms with van der Waals surface area (Å²) in [6.07, 6.45) is 2.58. The zero-order valence-corrected chi connectivity index (χ0v) is 12.1. The van der Waals surface area contributed by atoms with Gasteiger partial charge in [0.25, 0.3) is 0 Å². The summed E-state index contributed by atoms with van der Waals surface area (Å²) in [6.45, 7) is 2.07. The van der Waals surface area contributed by atoms with Gasteiger partial charge in [0, 0.05) is 38.9 Å². The van der Waals surface area contributed by atoms with Gasteiger partial charge >= 0.3 is 0 Å². The average Bonchev–Trinajstić information content (AvgIpc) is 2.90. The highest BCUT2D eigenvalue weighted by atomic mass is 16.5. The van der Waals surface area contributed by atoms with Gasteiger partial charge in [-0.25, -0.2) is 0 Å². The lowest BCUT2D eigenvalue weighted by molar-refractivity contribution is 0.0817. The number of benzene rings is 1. The number of ether oxygens (including phenoxy) is 1. The first-order chi connectivity index (χ1) is 9.78. The van der Waals surface area contributed by atoms with Crippen LogP contribution in [0.4, 0.5) is 5.82 Å². The molecule has 2 heterocycles. The van der Waals surface area contributed by atoms with E-state index in [2.05, 4.69) is 28.2 Å². The molecule has 0 radical (unpaired) electrons. The van der Waals surface area contributed by atoms with Gasteiger partial charge in [0.05, 0.1) is 11.8 Å². The molecule has 3 rings (SSSR count). The first-order valence-corrected chi connectivity index (χ1v) is 7.15. The Morgan fingerprint density at radius 1 is 1.15 bits per heavy atom. The highest BCUT2D eigenvalue weighted by Gasteiger charge is 2.21. The third-order valence-electron chi connectivity index (χ3n) is 4.02. The zero-order valence-electron chi connectivity index (χ0n) is 12.1. The van der Waals surface area contributed by atoms with Gasteiger partial charge in [-0.15, -0.1) is 0 Å². The fourth-order valence-electron chi connectivity index (χ4n) is 2.82. The van der Waals surface area contributed by atoms with Crippen molar-refractivity contribution in [2.24, 2.45) is 7.05 Å². The molecule has 0 aliphatic carbocycles. The van der Waals surface area contributed by atoms with Gasteiger partial charge in [0.15, 0.2) is 0 Å². The molecule has 0 unspecified atom stereocenters. The van der Waals surface area contributed by atoms with Crippen molar-refractivity contribution >= 4 is 5.82 Å².